The van der Waals surface area contributed by atoms with E-state index in [0.29, 0.717) is 23.0 Å². The Labute approximate surface area is 172 Å². The minimum absolute atomic E-state index is 0.423. The first-order chi connectivity index (χ1) is 13.0. The van der Waals surface area contributed by atoms with Gasteiger partial charge in [-0.05, 0) is 54.5 Å². The van der Waals surface area contributed by atoms with Gasteiger partial charge in [-0.15, -0.1) is 0 Å². The molecule has 3 aromatic rings. The molecule has 3 aromatic carbocycles. The van der Waals surface area contributed by atoms with Crippen LogP contribution in [0.1, 0.15) is 22.3 Å². The maximum Gasteiger partial charge on any atom is 0.127 e. The lowest BCUT2D eigenvalue weighted by atomic mass is 10.0. The van der Waals surface area contributed by atoms with Crippen LogP contribution in [0.3, 0.4) is 0 Å². The first kappa shape index (κ1) is 19.2. The molecule has 134 valence electrons. The predicted molar refractivity (Wildman–Crippen MR) is 115 cm³/mol. The summed E-state index contributed by atoms with van der Waals surface area (Å²) in [6.45, 7) is 2.45. The molecule has 27 heavy (non-hydrogen) atoms. The zero-order valence-corrected chi connectivity index (χ0v) is 17.1. The highest BCUT2D eigenvalue weighted by Gasteiger charge is 2.07. The van der Waals surface area contributed by atoms with Crippen molar-refractivity contribution in [3.8, 4) is 11.8 Å². The molecule has 0 bridgehead atoms. The third-order valence-electron chi connectivity index (χ3n) is 4.06. The fraction of sp³-hybridized carbons (Fsp3) is 0.0870. The van der Waals surface area contributed by atoms with Crippen LogP contribution in [0, 0.1) is 18.3 Å². The van der Waals surface area contributed by atoms with Crippen LogP contribution in [0.25, 0.3) is 11.6 Å². The molecule has 0 aliphatic carbocycles. The van der Waals surface area contributed by atoms with E-state index in [2.05, 4.69) is 22.0 Å². The third kappa shape index (κ3) is 5.23. The third-order valence-corrected chi connectivity index (χ3v) is 4.81. The Kier molecular flexibility index (Phi) is 6.34. The van der Waals surface area contributed by atoms with E-state index in [0.717, 1.165) is 26.7 Å². The van der Waals surface area contributed by atoms with Gasteiger partial charge in [0.25, 0.3) is 0 Å². The molecule has 0 aliphatic rings. The van der Waals surface area contributed by atoms with E-state index < -0.39 is 0 Å². The summed E-state index contributed by atoms with van der Waals surface area (Å²) in [6, 6.07) is 23.5. The zero-order valence-electron chi connectivity index (χ0n) is 14.7. The topological polar surface area (TPSA) is 33.0 Å². The van der Waals surface area contributed by atoms with Gasteiger partial charge in [0.15, 0.2) is 0 Å². The lowest BCUT2D eigenvalue weighted by molar-refractivity contribution is 0.305. The summed E-state index contributed by atoms with van der Waals surface area (Å²) in [5.74, 6) is 0.716. The van der Waals surface area contributed by atoms with E-state index in [9.17, 15) is 5.26 Å². The molecule has 0 heterocycles. The van der Waals surface area contributed by atoms with Crippen molar-refractivity contribution >= 4 is 39.2 Å². The van der Waals surface area contributed by atoms with Gasteiger partial charge in [0.1, 0.15) is 12.4 Å². The van der Waals surface area contributed by atoms with Gasteiger partial charge in [0.2, 0.25) is 0 Å². The van der Waals surface area contributed by atoms with Crippen molar-refractivity contribution in [3.63, 3.8) is 0 Å². The van der Waals surface area contributed by atoms with Crippen molar-refractivity contribution < 1.29 is 4.74 Å². The van der Waals surface area contributed by atoms with Crippen molar-refractivity contribution in [2.24, 2.45) is 0 Å². The molecule has 0 unspecified atom stereocenters. The van der Waals surface area contributed by atoms with Crippen LogP contribution in [0.2, 0.25) is 5.02 Å². The Balaban J connectivity index is 1.89. The minimum Gasteiger partial charge on any atom is -0.488 e. The highest BCUT2D eigenvalue weighted by Crippen LogP contribution is 2.28. The Morgan fingerprint density at radius 1 is 1.07 bits per heavy atom. The molecule has 0 saturated carbocycles. The minimum atomic E-state index is 0.423. The van der Waals surface area contributed by atoms with Crippen molar-refractivity contribution in [2.75, 3.05) is 0 Å². The van der Waals surface area contributed by atoms with E-state index in [-0.39, 0.29) is 0 Å². The second-order valence-corrected chi connectivity index (χ2v) is 7.49. The first-order valence-electron chi connectivity index (χ1n) is 8.41. The molecule has 0 spiro atoms. The fourth-order valence-corrected chi connectivity index (χ4v) is 3.08. The summed E-state index contributed by atoms with van der Waals surface area (Å²) in [6.07, 6.45) is 1.85. The number of halogens is 2. The van der Waals surface area contributed by atoms with Crippen molar-refractivity contribution in [1.82, 2.24) is 0 Å². The summed E-state index contributed by atoms with van der Waals surface area (Å²) in [5.41, 5.74) is 4.49. The largest absolute Gasteiger partial charge is 0.488 e. The monoisotopic (exact) mass is 437 g/mol. The van der Waals surface area contributed by atoms with Gasteiger partial charge in [-0.25, -0.2) is 0 Å². The molecule has 4 heteroatoms. The Morgan fingerprint density at radius 2 is 1.78 bits per heavy atom. The lowest BCUT2D eigenvalue weighted by Crippen LogP contribution is -1.97. The van der Waals surface area contributed by atoms with Crippen LogP contribution in [-0.4, -0.2) is 0 Å². The van der Waals surface area contributed by atoms with E-state index >= 15 is 0 Å². The maximum absolute atomic E-state index is 9.62. The summed E-state index contributed by atoms with van der Waals surface area (Å²) >= 11 is 9.42. The number of rotatable bonds is 5. The predicted octanol–water partition coefficient (Wildman–Crippen LogP) is 7.05. The number of hydrogen-bond acceptors (Lipinski definition) is 2. The van der Waals surface area contributed by atoms with Crippen LogP contribution in [0.5, 0.6) is 5.75 Å². The molecule has 0 radical (unpaired) electrons. The zero-order chi connectivity index (χ0) is 19.2. The van der Waals surface area contributed by atoms with Crippen molar-refractivity contribution in [1.29, 1.82) is 5.26 Å². The molecule has 0 atom stereocenters. The van der Waals surface area contributed by atoms with Crippen molar-refractivity contribution in [2.45, 2.75) is 13.5 Å². The van der Waals surface area contributed by atoms with Gasteiger partial charge >= 0.3 is 0 Å². The van der Waals surface area contributed by atoms with Gasteiger partial charge in [0, 0.05) is 15.1 Å². The smallest absolute Gasteiger partial charge is 0.127 e. The van der Waals surface area contributed by atoms with Crippen LogP contribution >= 0.6 is 27.5 Å². The molecule has 0 aliphatic heterocycles. The average Bonchev–Trinajstić information content (AvgIpc) is 2.67. The Hall–Kier alpha value is -2.54. The second kappa shape index (κ2) is 8.90. The fourth-order valence-electron chi connectivity index (χ4n) is 2.57. The van der Waals surface area contributed by atoms with E-state index in [4.69, 9.17) is 16.3 Å². The van der Waals surface area contributed by atoms with Crippen LogP contribution in [0.4, 0.5) is 0 Å². The number of nitrogens with zero attached hydrogens (tertiary/aromatic N) is 1. The number of hydrogen-bond donors (Lipinski definition) is 0. The number of aryl methyl sites for hydroxylation is 1. The standard InChI is InChI=1S/C23H17BrClNO/c1-16-2-6-18(7-3-16)20(14-26)12-19-13-21(24)8-11-23(19)27-15-17-4-9-22(25)10-5-17/h2-13H,15H2,1H3/b20-12-. The molecular formula is C23H17BrClNO. The van der Waals surface area contributed by atoms with Gasteiger partial charge in [0.05, 0.1) is 11.6 Å². The normalized spacial score (nSPS) is 11.1. The number of ether oxygens (including phenoxy) is 1. The van der Waals surface area contributed by atoms with Gasteiger partial charge in [-0.1, -0.05) is 69.5 Å². The van der Waals surface area contributed by atoms with Gasteiger partial charge in [-0.2, -0.15) is 5.26 Å². The summed E-state index contributed by atoms with van der Waals surface area (Å²) in [5, 5.41) is 10.3. The molecule has 0 fully saturated rings. The maximum atomic E-state index is 9.62. The molecule has 0 aromatic heterocycles. The second-order valence-electron chi connectivity index (χ2n) is 6.13. The van der Waals surface area contributed by atoms with E-state index in [1.165, 1.54) is 0 Å². The SMILES string of the molecule is Cc1ccc(/C(C#N)=C\c2cc(Br)ccc2OCc2ccc(Cl)cc2)cc1. The number of benzene rings is 3. The molecule has 0 N–H and O–H groups in total. The van der Waals surface area contributed by atoms with Gasteiger partial charge in [-0.3, -0.25) is 0 Å². The number of nitriles is 1. The molecule has 3 rings (SSSR count). The summed E-state index contributed by atoms with van der Waals surface area (Å²) in [7, 11) is 0. The van der Waals surface area contributed by atoms with E-state index in [1.807, 2.05) is 79.7 Å². The average molecular weight is 439 g/mol. The molecule has 0 saturated heterocycles. The van der Waals surface area contributed by atoms with Crippen molar-refractivity contribution in [3.05, 3.63) is 98.5 Å². The number of allylic oxidation sites excluding steroid dienone is 1. The van der Waals surface area contributed by atoms with Crippen LogP contribution in [-0.2, 0) is 6.61 Å². The van der Waals surface area contributed by atoms with Gasteiger partial charge < -0.3 is 4.74 Å². The van der Waals surface area contributed by atoms with E-state index in [1.54, 1.807) is 0 Å². The van der Waals surface area contributed by atoms with Crippen LogP contribution in [0.15, 0.2) is 71.2 Å². The summed E-state index contributed by atoms with van der Waals surface area (Å²) in [4.78, 5) is 0. The first-order valence-corrected chi connectivity index (χ1v) is 9.58. The highest BCUT2D eigenvalue weighted by atomic mass is 79.9. The quantitative estimate of drug-likeness (QED) is 0.316. The highest BCUT2D eigenvalue weighted by molar-refractivity contribution is 9.10. The van der Waals surface area contributed by atoms with Crippen LogP contribution < -0.4 is 4.74 Å². The summed E-state index contributed by atoms with van der Waals surface area (Å²) < 4.78 is 6.93. The lowest BCUT2D eigenvalue weighted by Gasteiger charge is -2.11. The Bertz CT molecular complexity index is 1000. The Morgan fingerprint density at radius 3 is 2.44 bits per heavy atom. The molecule has 0 amide bonds. The molecular weight excluding hydrogens is 422 g/mol. The molecule has 2 nitrogen and oxygen atoms in total.